The monoisotopic (exact) mass is 230 g/mol. The molecule has 1 aromatic carbocycles. The fraction of sp³-hybridized carbons (Fsp3) is 0.500. The molecule has 0 radical (unpaired) electrons. The van der Waals surface area contributed by atoms with Crippen LogP contribution in [0.4, 0.5) is 5.69 Å². The zero-order chi connectivity index (χ0) is 11.7. The SMILES string of the molecule is O=C(NC1CNc2ccccc2C1)C1CCC1. The molecule has 0 bridgehead atoms. The van der Waals surface area contributed by atoms with Crippen LogP contribution in [0.15, 0.2) is 24.3 Å². The zero-order valence-electron chi connectivity index (χ0n) is 9.91. The van der Waals surface area contributed by atoms with Crippen molar-refractivity contribution in [2.24, 2.45) is 5.92 Å². The molecule has 3 nitrogen and oxygen atoms in total. The Bertz CT molecular complexity index is 426. The van der Waals surface area contributed by atoms with Gasteiger partial charge in [-0.1, -0.05) is 24.6 Å². The van der Waals surface area contributed by atoms with Crippen LogP contribution in [0.25, 0.3) is 0 Å². The number of carbonyl (C=O) groups excluding carboxylic acids is 1. The molecule has 3 heteroatoms. The number of hydrogen-bond acceptors (Lipinski definition) is 2. The highest BCUT2D eigenvalue weighted by atomic mass is 16.2. The molecule has 1 unspecified atom stereocenters. The largest absolute Gasteiger partial charge is 0.383 e. The van der Waals surface area contributed by atoms with Crippen LogP contribution in [-0.2, 0) is 11.2 Å². The van der Waals surface area contributed by atoms with Crippen molar-refractivity contribution in [1.82, 2.24) is 5.32 Å². The van der Waals surface area contributed by atoms with E-state index in [1.54, 1.807) is 0 Å². The quantitative estimate of drug-likeness (QED) is 0.815. The molecule has 90 valence electrons. The average Bonchev–Trinajstić information content (AvgIpc) is 2.26. The Morgan fingerprint density at radius 2 is 2.12 bits per heavy atom. The molecule has 2 aliphatic rings. The summed E-state index contributed by atoms with van der Waals surface area (Å²) in [4.78, 5) is 11.9. The first-order chi connectivity index (χ1) is 8.33. The molecule has 1 fully saturated rings. The van der Waals surface area contributed by atoms with E-state index in [4.69, 9.17) is 0 Å². The summed E-state index contributed by atoms with van der Waals surface area (Å²) in [6.07, 6.45) is 4.30. The van der Waals surface area contributed by atoms with Gasteiger partial charge in [-0.15, -0.1) is 0 Å². The molecule has 0 spiro atoms. The van der Waals surface area contributed by atoms with Gasteiger partial charge >= 0.3 is 0 Å². The maximum absolute atomic E-state index is 11.9. The highest BCUT2D eigenvalue weighted by Crippen LogP contribution is 2.27. The Morgan fingerprint density at radius 1 is 1.29 bits per heavy atom. The van der Waals surface area contributed by atoms with Crippen LogP contribution >= 0.6 is 0 Å². The van der Waals surface area contributed by atoms with Crippen LogP contribution < -0.4 is 10.6 Å². The Labute approximate surface area is 102 Å². The van der Waals surface area contributed by atoms with E-state index >= 15 is 0 Å². The predicted molar refractivity (Wildman–Crippen MR) is 67.9 cm³/mol. The molecule has 1 aliphatic heterocycles. The molecule has 1 atom stereocenters. The van der Waals surface area contributed by atoms with Crippen molar-refractivity contribution in [3.63, 3.8) is 0 Å². The number of benzene rings is 1. The highest BCUT2D eigenvalue weighted by molar-refractivity contribution is 5.80. The summed E-state index contributed by atoms with van der Waals surface area (Å²) < 4.78 is 0. The van der Waals surface area contributed by atoms with Crippen LogP contribution in [0.1, 0.15) is 24.8 Å². The third-order valence-electron chi connectivity index (χ3n) is 3.84. The summed E-state index contributed by atoms with van der Waals surface area (Å²) in [5, 5.41) is 6.54. The van der Waals surface area contributed by atoms with E-state index in [-0.39, 0.29) is 17.9 Å². The van der Waals surface area contributed by atoms with E-state index < -0.39 is 0 Å². The normalized spacial score (nSPS) is 23.2. The van der Waals surface area contributed by atoms with Gasteiger partial charge in [0.25, 0.3) is 0 Å². The molecule has 17 heavy (non-hydrogen) atoms. The molecule has 1 aromatic rings. The molecule has 1 amide bonds. The molecule has 1 saturated carbocycles. The van der Waals surface area contributed by atoms with Crippen molar-refractivity contribution in [3.8, 4) is 0 Å². The third kappa shape index (κ3) is 2.14. The highest BCUT2D eigenvalue weighted by Gasteiger charge is 2.28. The van der Waals surface area contributed by atoms with Gasteiger partial charge < -0.3 is 10.6 Å². The van der Waals surface area contributed by atoms with Gasteiger partial charge in [-0.2, -0.15) is 0 Å². The molecule has 1 aliphatic carbocycles. The minimum Gasteiger partial charge on any atom is -0.383 e. The van der Waals surface area contributed by atoms with Gasteiger partial charge in [0, 0.05) is 18.2 Å². The van der Waals surface area contributed by atoms with Gasteiger partial charge in [-0.05, 0) is 30.9 Å². The van der Waals surface area contributed by atoms with Crippen LogP contribution in [0.5, 0.6) is 0 Å². The van der Waals surface area contributed by atoms with E-state index in [9.17, 15) is 4.79 Å². The van der Waals surface area contributed by atoms with Crippen molar-refractivity contribution in [3.05, 3.63) is 29.8 Å². The second-order valence-corrected chi connectivity index (χ2v) is 5.08. The number of nitrogens with one attached hydrogen (secondary N) is 2. The Hall–Kier alpha value is -1.51. The van der Waals surface area contributed by atoms with Crippen LogP contribution in [0.2, 0.25) is 0 Å². The molecule has 1 heterocycles. The second kappa shape index (κ2) is 4.40. The summed E-state index contributed by atoms with van der Waals surface area (Å²) >= 11 is 0. The summed E-state index contributed by atoms with van der Waals surface area (Å²) in [5.74, 6) is 0.537. The second-order valence-electron chi connectivity index (χ2n) is 5.08. The van der Waals surface area contributed by atoms with Gasteiger partial charge in [0.2, 0.25) is 5.91 Å². The Balaban J connectivity index is 1.62. The summed E-state index contributed by atoms with van der Waals surface area (Å²) in [6, 6.07) is 8.57. The van der Waals surface area contributed by atoms with Gasteiger partial charge in [0.1, 0.15) is 0 Å². The minimum atomic E-state index is 0.248. The number of para-hydroxylation sites is 1. The lowest BCUT2D eigenvalue weighted by Crippen LogP contribution is -2.46. The van der Waals surface area contributed by atoms with E-state index in [1.807, 2.05) is 6.07 Å². The fourth-order valence-corrected chi connectivity index (χ4v) is 2.53. The van der Waals surface area contributed by atoms with Gasteiger partial charge in [0.05, 0.1) is 6.04 Å². The number of fused-ring (bicyclic) bond motifs is 1. The summed E-state index contributed by atoms with van der Waals surface area (Å²) in [5.41, 5.74) is 2.51. The Morgan fingerprint density at radius 3 is 2.88 bits per heavy atom. The lowest BCUT2D eigenvalue weighted by Gasteiger charge is -2.30. The number of hydrogen-bond donors (Lipinski definition) is 2. The first-order valence-electron chi connectivity index (χ1n) is 6.45. The molecule has 0 saturated heterocycles. The molecular weight excluding hydrogens is 212 g/mol. The van der Waals surface area contributed by atoms with Crippen molar-refractivity contribution in [1.29, 1.82) is 0 Å². The van der Waals surface area contributed by atoms with E-state index in [0.29, 0.717) is 0 Å². The van der Waals surface area contributed by atoms with Crippen molar-refractivity contribution in [2.75, 3.05) is 11.9 Å². The summed E-state index contributed by atoms with van der Waals surface area (Å²) in [6.45, 7) is 0.843. The van der Waals surface area contributed by atoms with Crippen molar-refractivity contribution >= 4 is 11.6 Å². The maximum atomic E-state index is 11.9. The number of carbonyl (C=O) groups is 1. The van der Waals surface area contributed by atoms with E-state index in [1.165, 1.54) is 17.7 Å². The molecule has 0 aromatic heterocycles. The lowest BCUT2D eigenvalue weighted by molar-refractivity contribution is -0.128. The average molecular weight is 230 g/mol. The van der Waals surface area contributed by atoms with Crippen LogP contribution in [-0.4, -0.2) is 18.5 Å². The maximum Gasteiger partial charge on any atom is 0.223 e. The van der Waals surface area contributed by atoms with E-state index in [0.717, 1.165) is 25.8 Å². The van der Waals surface area contributed by atoms with E-state index in [2.05, 4.69) is 28.8 Å². The Kier molecular flexibility index (Phi) is 2.75. The van der Waals surface area contributed by atoms with Crippen molar-refractivity contribution < 1.29 is 4.79 Å². The van der Waals surface area contributed by atoms with Gasteiger partial charge in [-0.3, -0.25) is 4.79 Å². The number of rotatable bonds is 2. The molecular formula is C14H18N2O. The molecule has 3 rings (SSSR count). The number of anilines is 1. The van der Waals surface area contributed by atoms with Crippen LogP contribution in [0, 0.1) is 5.92 Å². The van der Waals surface area contributed by atoms with Crippen LogP contribution in [0.3, 0.4) is 0 Å². The molecule has 2 N–H and O–H groups in total. The van der Waals surface area contributed by atoms with Crippen molar-refractivity contribution in [2.45, 2.75) is 31.7 Å². The summed E-state index contributed by atoms with van der Waals surface area (Å²) in [7, 11) is 0. The standard InChI is InChI=1S/C14H18N2O/c17-14(10-5-3-6-10)16-12-8-11-4-1-2-7-13(11)15-9-12/h1-2,4,7,10,12,15H,3,5-6,8-9H2,(H,16,17). The minimum absolute atomic E-state index is 0.248. The predicted octanol–water partition coefficient (Wildman–Crippen LogP) is 1.94. The number of amides is 1. The van der Waals surface area contributed by atoms with Gasteiger partial charge in [-0.25, -0.2) is 0 Å². The fourth-order valence-electron chi connectivity index (χ4n) is 2.53. The third-order valence-corrected chi connectivity index (χ3v) is 3.84. The van der Waals surface area contributed by atoms with Gasteiger partial charge in [0.15, 0.2) is 0 Å². The lowest BCUT2D eigenvalue weighted by atomic mass is 9.84. The smallest absolute Gasteiger partial charge is 0.223 e. The first-order valence-corrected chi connectivity index (χ1v) is 6.45. The topological polar surface area (TPSA) is 41.1 Å². The zero-order valence-corrected chi connectivity index (χ0v) is 9.91. The first kappa shape index (κ1) is 10.6.